The lowest BCUT2D eigenvalue weighted by Crippen LogP contribution is -2.46. The van der Waals surface area contributed by atoms with E-state index in [4.69, 9.17) is 15.6 Å². The van der Waals surface area contributed by atoms with Crippen LogP contribution in [0.2, 0.25) is 0 Å². The molecule has 0 aromatic heterocycles. The summed E-state index contributed by atoms with van der Waals surface area (Å²) in [4.78, 5) is 10.5. The number of carboxylic acid groups (broad SMARTS) is 1. The molecule has 0 radical (unpaired) electrons. The van der Waals surface area contributed by atoms with Gasteiger partial charge in [0.25, 0.3) is 5.72 Å². The normalized spacial score (nSPS) is 23.5. The molecule has 0 spiro atoms. The van der Waals surface area contributed by atoms with E-state index in [1.165, 1.54) is 6.08 Å². The van der Waals surface area contributed by atoms with Gasteiger partial charge in [0.15, 0.2) is 5.57 Å². The van der Waals surface area contributed by atoms with Crippen LogP contribution in [0, 0.1) is 22.7 Å². The van der Waals surface area contributed by atoms with Crippen LogP contribution < -0.4 is 5.32 Å². The molecule has 0 saturated heterocycles. The standard InChI is InChI=1S/C8H5N3O3/c9-3-5(4-10)6-1-2-8(14,11-6)7(12)13/h1-2,11,14H,(H,12,13). The minimum Gasteiger partial charge on any atom is -0.477 e. The van der Waals surface area contributed by atoms with Crippen LogP contribution in [0.5, 0.6) is 0 Å². The number of nitriles is 2. The second-order valence-electron chi connectivity index (χ2n) is 2.54. The van der Waals surface area contributed by atoms with Crippen molar-refractivity contribution in [2.45, 2.75) is 5.72 Å². The average molecular weight is 191 g/mol. The monoisotopic (exact) mass is 191 g/mol. The smallest absolute Gasteiger partial charge is 0.361 e. The number of hydrogen-bond acceptors (Lipinski definition) is 5. The molecule has 0 fully saturated rings. The maximum atomic E-state index is 10.5. The Morgan fingerprint density at radius 2 is 2.07 bits per heavy atom. The van der Waals surface area contributed by atoms with E-state index in [2.05, 4.69) is 5.32 Å². The molecule has 14 heavy (non-hydrogen) atoms. The average Bonchev–Trinajstić information content (AvgIpc) is 2.52. The number of hydrogen-bond donors (Lipinski definition) is 3. The van der Waals surface area contributed by atoms with Crippen molar-refractivity contribution < 1.29 is 15.0 Å². The highest BCUT2D eigenvalue weighted by molar-refractivity contribution is 5.81. The van der Waals surface area contributed by atoms with E-state index in [9.17, 15) is 9.90 Å². The Hall–Kier alpha value is -2.31. The second kappa shape index (κ2) is 3.21. The zero-order valence-corrected chi connectivity index (χ0v) is 6.85. The minimum absolute atomic E-state index is 0.0000926. The summed E-state index contributed by atoms with van der Waals surface area (Å²) in [7, 11) is 0. The van der Waals surface area contributed by atoms with E-state index in [0.29, 0.717) is 0 Å². The lowest BCUT2D eigenvalue weighted by molar-refractivity contribution is -0.154. The number of nitrogens with one attached hydrogen (secondary N) is 1. The van der Waals surface area contributed by atoms with Crippen LogP contribution in [0.3, 0.4) is 0 Å². The van der Waals surface area contributed by atoms with Crippen molar-refractivity contribution in [3.05, 3.63) is 23.4 Å². The third-order valence-corrected chi connectivity index (χ3v) is 1.64. The largest absolute Gasteiger partial charge is 0.477 e. The number of carbonyl (C=O) groups is 1. The Balaban J connectivity index is 3.06. The first-order valence-electron chi connectivity index (χ1n) is 3.51. The number of carboxylic acids is 1. The Bertz CT molecular complexity index is 408. The van der Waals surface area contributed by atoms with E-state index in [1.807, 2.05) is 0 Å². The molecule has 0 saturated carbocycles. The van der Waals surface area contributed by atoms with Crippen molar-refractivity contribution in [1.29, 1.82) is 10.5 Å². The van der Waals surface area contributed by atoms with Gasteiger partial charge >= 0.3 is 5.97 Å². The molecule has 0 aromatic rings. The highest BCUT2D eigenvalue weighted by atomic mass is 16.4. The van der Waals surface area contributed by atoms with Gasteiger partial charge < -0.3 is 15.5 Å². The molecule has 1 heterocycles. The first-order valence-corrected chi connectivity index (χ1v) is 3.51. The molecule has 0 aliphatic carbocycles. The van der Waals surface area contributed by atoms with Gasteiger partial charge in [-0.25, -0.2) is 4.79 Å². The summed E-state index contributed by atoms with van der Waals surface area (Å²) in [5.41, 5.74) is -2.51. The summed E-state index contributed by atoms with van der Waals surface area (Å²) in [6, 6.07) is 3.14. The van der Waals surface area contributed by atoms with Crippen molar-refractivity contribution in [1.82, 2.24) is 5.32 Å². The van der Waals surface area contributed by atoms with Crippen molar-refractivity contribution in [3.8, 4) is 12.1 Å². The summed E-state index contributed by atoms with van der Waals surface area (Å²) in [6.07, 6.45) is 2.13. The zero-order chi connectivity index (χ0) is 10.8. The number of aliphatic carboxylic acids is 1. The molecular weight excluding hydrogens is 186 g/mol. The number of nitrogens with zero attached hydrogens (tertiary/aromatic N) is 2. The van der Waals surface area contributed by atoms with Crippen molar-refractivity contribution in [2.24, 2.45) is 0 Å². The van der Waals surface area contributed by atoms with Gasteiger partial charge in [-0.1, -0.05) is 0 Å². The van der Waals surface area contributed by atoms with Crippen molar-refractivity contribution in [2.75, 3.05) is 0 Å². The molecule has 1 aliphatic heterocycles. The van der Waals surface area contributed by atoms with E-state index in [1.54, 1.807) is 12.1 Å². The minimum atomic E-state index is -2.23. The van der Waals surface area contributed by atoms with Crippen LogP contribution in [0.1, 0.15) is 0 Å². The maximum Gasteiger partial charge on any atom is 0.361 e. The second-order valence-corrected chi connectivity index (χ2v) is 2.54. The highest BCUT2D eigenvalue weighted by Crippen LogP contribution is 2.17. The Morgan fingerprint density at radius 1 is 1.50 bits per heavy atom. The van der Waals surface area contributed by atoms with Gasteiger partial charge in [-0.3, -0.25) is 0 Å². The fraction of sp³-hybridized carbons (Fsp3) is 0.125. The van der Waals surface area contributed by atoms with Crippen LogP contribution in [0.25, 0.3) is 0 Å². The van der Waals surface area contributed by atoms with Gasteiger partial charge in [0.05, 0.1) is 5.70 Å². The predicted octanol–water partition coefficient (Wildman–Crippen LogP) is -0.780. The van der Waals surface area contributed by atoms with Gasteiger partial charge in [-0.05, 0) is 12.2 Å². The summed E-state index contributed by atoms with van der Waals surface area (Å²) < 4.78 is 0. The molecular formula is C8H5N3O3. The van der Waals surface area contributed by atoms with Crippen molar-refractivity contribution >= 4 is 5.97 Å². The van der Waals surface area contributed by atoms with E-state index in [0.717, 1.165) is 6.08 Å². The van der Waals surface area contributed by atoms with Gasteiger partial charge in [0, 0.05) is 0 Å². The fourth-order valence-electron chi connectivity index (χ4n) is 0.909. The third-order valence-electron chi connectivity index (χ3n) is 1.64. The molecule has 6 heteroatoms. The Kier molecular flexibility index (Phi) is 2.24. The third kappa shape index (κ3) is 1.42. The summed E-state index contributed by atoms with van der Waals surface area (Å²) in [6.45, 7) is 0. The number of rotatable bonds is 1. The fourth-order valence-corrected chi connectivity index (χ4v) is 0.909. The summed E-state index contributed by atoms with van der Waals surface area (Å²) in [5, 5.41) is 37.0. The van der Waals surface area contributed by atoms with Gasteiger partial charge in [0.1, 0.15) is 12.1 Å². The van der Waals surface area contributed by atoms with Crippen LogP contribution >= 0.6 is 0 Å². The summed E-state index contributed by atoms with van der Waals surface area (Å²) >= 11 is 0. The van der Waals surface area contributed by atoms with E-state index in [-0.39, 0.29) is 11.3 Å². The quantitative estimate of drug-likeness (QED) is 0.468. The molecule has 1 aliphatic rings. The van der Waals surface area contributed by atoms with Crippen LogP contribution in [-0.4, -0.2) is 21.9 Å². The topological polar surface area (TPSA) is 117 Å². The van der Waals surface area contributed by atoms with Crippen LogP contribution in [-0.2, 0) is 4.79 Å². The predicted molar refractivity (Wildman–Crippen MR) is 43.1 cm³/mol. The van der Waals surface area contributed by atoms with Crippen molar-refractivity contribution in [3.63, 3.8) is 0 Å². The molecule has 6 nitrogen and oxygen atoms in total. The Morgan fingerprint density at radius 3 is 2.43 bits per heavy atom. The van der Waals surface area contributed by atoms with E-state index < -0.39 is 11.7 Å². The van der Waals surface area contributed by atoms with Crippen LogP contribution in [0.4, 0.5) is 0 Å². The first-order chi connectivity index (χ1) is 6.53. The molecule has 0 bridgehead atoms. The SMILES string of the molecule is N#CC(C#N)=C1C=CC(O)(C(=O)O)N1. The van der Waals surface area contributed by atoms with Gasteiger partial charge in [0.2, 0.25) is 0 Å². The first kappa shape index (κ1) is 9.78. The molecule has 3 N–H and O–H groups in total. The Labute approximate surface area is 79.0 Å². The number of allylic oxidation sites excluding steroid dienone is 2. The molecule has 1 atom stereocenters. The lowest BCUT2D eigenvalue weighted by atomic mass is 10.2. The van der Waals surface area contributed by atoms with Gasteiger partial charge in [-0.2, -0.15) is 10.5 Å². The molecule has 1 unspecified atom stereocenters. The molecule has 70 valence electrons. The molecule has 0 amide bonds. The molecule has 0 aromatic carbocycles. The van der Waals surface area contributed by atoms with E-state index >= 15 is 0 Å². The summed E-state index contributed by atoms with van der Waals surface area (Å²) in [5.74, 6) is -1.50. The van der Waals surface area contributed by atoms with Gasteiger partial charge in [-0.15, -0.1) is 0 Å². The van der Waals surface area contributed by atoms with Crippen LogP contribution in [0.15, 0.2) is 23.4 Å². The number of aliphatic hydroxyl groups is 1. The molecule has 1 rings (SSSR count). The zero-order valence-electron chi connectivity index (χ0n) is 6.85. The highest BCUT2D eigenvalue weighted by Gasteiger charge is 2.37. The lowest BCUT2D eigenvalue weighted by Gasteiger charge is -2.16. The maximum absolute atomic E-state index is 10.5.